The average Bonchev–Trinajstić information content (AvgIpc) is 2.88. The molecule has 0 fully saturated rings. The summed E-state index contributed by atoms with van der Waals surface area (Å²) in [4.78, 5) is 0. The summed E-state index contributed by atoms with van der Waals surface area (Å²) in [5.74, 6) is 0.727. The zero-order valence-electron chi connectivity index (χ0n) is 10.7. The molecule has 18 heavy (non-hydrogen) atoms. The normalized spacial score (nSPS) is 12.6. The number of ether oxygens (including phenoxy) is 1. The second kappa shape index (κ2) is 5.80. The van der Waals surface area contributed by atoms with Gasteiger partial charge in [0.25, 0.3) is 0 Å². The van der Waals surface area contributed by atoms with E-state index in [2.05, 4.69) is 5.16 Å². The van der Waals surface area contributed by atoms with Crippen LogP contribution < -0.4 is 5.73 Å². The van der Waals surface area contributed by atoms with E-state index in [9.17, 15) is 0 Å². The fourth-order valence-corrected chi connectivity index (χ4v) is 1.79. The van der Waals surface area contributed by atoms with Gasteiger partial charge in [0.15, 0.2) is 5.76 Å². The molecule has 2 N–H and O–H groups in total. The number of nitrogens with two attached hydrogens (primary N) is 1. The van der Waals surface area contributed by atoms with E-state index in [1.807, 2.05) is 37.3 Å². The molecule has 1 heterocycles. The highest BCUT2D eigenvalue weighted by Gasteiger charge is 2.12. The Labute approximate surface area is 107 Å². The van der Waals surface area contributed by atoms with Crippen molar-refractivity contribution in [2.24, 2.45) is 5.73 Å². The van der Waals surface area contributed by atoms with Gasteiger partial charge in [-0.05, 0) is 18.1 Å². The van der Waals surface area contributed by atoms with Crippen molar-refractivity contribution in [3.8, 4) is 11.3 Å². The third-order valence-corrected chi connectivity index (χ3v) is 2.87. The van der Waals surface area contributed by atoms with Crippen LogP contribution >= 0.6 is 0 Å². The van der Waals surface area contributed by atoms with Crippen LogP contribution in [-0.2, 0) is 11.3 Å². The maximum atomic E-state index is 5.91. The molecule has 0 bridgehead atoms. The van der Waals surface area contributed by atoms with Crippen LogP contribution in [0, 0.1) is 0 Å². The minimum Gasteiger partial charge on any atom is -0.380 e. The molecule has 1 atom stereocenters. The zero-order chi connectivity index (χ0) is 13.0. The Balaban J connectivity index is 2.25. The first kappa shape index (κ1) is 12.8. The second-order valence-corrected chi connectivity index (χ2v) is 4.26. The minimum absolute atomic E-state index is 0.0894. The minimum atomic E-state index is -0.0894. The van der Waals surface area contributed by atoms with E-state index >= 15 is 0 Å². The lowest BCUT2D eigenvalue weighted by Crippen LogP contribution is -2.06. The summed E-state index contributed by atoms with van der Waals surface area (Å²) in [6, 6.07) is 9.86. The van der Waals surface area contributed by atoms with Crippen molar-refractivity contribution in [2.45, 2.75) is 26.0 Å². The van der Waals surface area contributed by atoms with Gasteiger partial charge in [-0.1, -0.05) is 30.3 Å². The Morgan fingerprint density at radius 3 is 2.94 bits per heavy atom. The molecule has 96 valence electrons. The fraction of sp³-hybridized carbons (Fsp3) is 0.357. The van der Waals surface area contributed by atoms with Gasteiger partial charge in [-0.3, -0.25) is 0 Å². The smallest absolute Gasteiger partial charge is 0.154 e. The largest absolute Gasteiger partial charge is 0.380 e. The van der Waals surface area contributed by atoms with Crippen LogP contribution in [-0.4, -0.2) is 12.3 Å². The Bertz CT molecular complexity index is 508. The van der Waals surface area contributed by atoms with E-state index in [-0.39, 0.29) is 6.04 Å². The number of hydrogen-bond donors (Lipinski definition) is 1. The van der Waals surface area contributed by atoms with Crippen LogP contribution in [0.15, 0.2) is 34.9 Å². The molecular weight excluding hydrogens is 228 g/mol. The van der Waals surface area contributed by atoms with Crippen LogP contribution in [0.4, 0.5) is 0 Å². The molecule has 0 aliphatic carbocycles. The third-order valence-electron chi connectivity index (χ3n) is 2.87. The number of methoxy groups -OCH3 is 1. The molecule has 2 aromatic rings. The van der Waals surface area contributed by atoms with Crippen molar-refractivity contribution >= 4 is 0 Å². The lowest BCUT2D eigenvalue weighted by Gasteiger charge is -2.02. The Kier molecular flexibility index (Phi) is 4.12. The van der Waals surface area contributed by atoms with Crippen molar-refractivity contribution in [3.05, 3.63) is 41.7 Å². The van der Waals surface area contributed by atoms with Crippen molar-refractivity contribution in [3.63, 3.8) is 0 Å². The number of benzene rings is 1. The predicted molar refractivity (Wildman–Crippen MR) is 69.9 cm³/mol. The van der Waals surface area contributed by atoms with Gasteiger partial charge in [-0.15, -0.1) is 0 Å². The topological polar surface area (TPSA) is 61.3 Å². The molecule has 4 heteroatoms. The molecule has 0 saturated heterocycles. The summed E-state index contributed by atoms with van der Waals surface area (Å²) in [5, 5.41) is 4.06. The van der Waals surface area contributed by atoms with Crippen molar-refractivity contribution in [2.75, 3.05) is 7.11 Å². The van der Waals surface area contributed by atoms with Gasteiger partial charge >= 0.3 is 0 Å². The van der Waals surface area contributed by atoms with Gasteiger partial charge in [-0.2, -0.15) is 0 Å². The summed E-state index contributed by atoms with van der Waals surface area (Å²) < 4.78 is 10.4. The Morgan fingerprint density at radius 2 is 2.22 bits per heavy atom. The van der Waals surface area contributed by atoms with Crippen LogP contribution in [0.3, 0.4) is 0 Å². The van der Waals surface area contributed by atoms with Crippen LogP contribution in [0.1, 0.15) is 30.7 Å². The van der Waals surface area contributed by atoms with E-state index < -0.39 is 0 Å². The summed E-state index contributed by atoms with van der Waals surface area (Å²) in [5.41, 5.74) is 8.85. The van der Waals surface area contributed by atoms with Crippen molar-refractivity contribution in [1.29, 1.82) is 0 Å². The third kappa shape index (κ3) is 2.78. The summed E-state index contributed by atoms with van der Waals surface area (Å²) in [6.07, 6.45) is 0.832. The summed E-state index contributed by atoms with van der Waals surface area (Å²) >= 11 is 0. The predicted octanol–water partition coefficient (Wildman–Crippen LogP) is 2.90. The van der Waals surface area contributed by atoms with Gasteiger partial charge < -0.3 is 15.0 Å². The monoisotopic (exact) mass is 246 g/mol. The highest BCUT2D eigenvalue weighted by atomic mass is 16.5. The second-order valence-electron chi connectivity index (χ2n) is 4.26. The van der Waals surface area contributed by atoms with Gasteiger partial charge in [0, 0.05) is 18.7 Å². The van der Waals surface area contributed by atoms with Crippen molar-refractivity contribution in [1.82, 2.24) is 5.16 Å². The Hall–Kier alpha value is -1.65. The van der Waals surface area contributed by atoms with E-state index in [0.717, 1.165) is 29.0 Å². The number of rotatable bonds is 5. The first-order valence-corrected chi connectivity index (χ1v) is 6.05. The highest BCUT2D eigenvalue weighted by Crippen LogP contribution is 2.23. The van der Waals surface area contributed by atoms with E-state index in [4.69, 9.17) is 15.0 Å². The van der Waals surface area contributed by atoms with Crippen LogP contribution in [0.25, 0.3) is 11.3 Å². The molecule has 4 nitrogen and oxygen atoms in total. The molecule has 0 saturated carbocycles. The van der Waals surface area contributed by atoms with E-state index in [0.29, 0.717) is 6.61 Å². The van der Waals surface area contributed by atoms with Gasteiger partial charge in [-0.25, -0.2) is 0 Å². The zero-order valence-corrected chi connectivity index (χ0v) is 10.7. The number of hydrogen-bond acceptors (Lipinski definition) is 4. The van der Waals surface area contributed by atoms with Crippen LogP contribution in [0.5, 0.6) is 0 Å². The molecule has 0 spiro atoms. The quantitative estimate of drug-likeness (QED) is 0.881. The Morgan fingerprint density at radius 1 is 1.39 bits per heavy atom. The molecule has 0 aliphatic heterocycles. The first-order valence-electron chi connectivity index (χ1n) is 6.05. The van der Waals surface area contributed by atoms with E-state index in [1.165, 1.54) is 0 Å². The molecule has 0 aliphatic rings. The molecule has 0 amide bonds. The highest BCUT2D eigenvalue weighted by molar-refractivity contribution is 5.59. The van der Waals surface area contributed by atoms with Crippen LogP contribution in [0.2, 0.25) is 0 Å². The molecule has 1 aromatic carbocycles. The number of aromatic nitrogens is 1. The number of nitrogens with zero attached hydrogens (tertiary/aromatic N) is 1. The molecular formula is C14H18N2O2. The molecule has 1 aromatic heterocycles. The van der Waals surface area contributed by atoms with Gasteiger partial charge in [0.1, 0.15) is 5.69 Å². The van der Waals surface area contributed by atoms with E-state index in [1.54, 1.807) is 7.11 Å². The fourth-order valence-electron chi connectivity index (χ4n) is 1.79. The maximum Gasteiger partial charge on any atom is 0.154 e. The lowest BCUT2D eigenvalue weighted by molar-refractivity contribution is 0.185. The standard InChI is InChI=1S/C14H18N2O2/c1-3-12(15)14-8-13(16-18-14)11-6-4-5-10(7-11)9-17-2/h4-8,12H,3,9,15H2,1-2H3. The average molecular weight is 246 g/mol. The molecule has 1 unspecified atom stereocenters. The summed E-state index contributed by atoms with van der Waals surface area (Å²) in [7, 11) is 1.68. The SMILES string of the molecule is CCC(N)c1cc(-c2cccc(COC)c2)no1. The van der Waals surface area contributed by atoms with Crippen molar-refractivity contribution < 1.29 is 9.26 Å². The maximum absolute atomic E-state index is 5.91. The van der Waals surface area contributed by atoms with Gasteiger partial charge in [0.2, 0.25) is 0 Å². The summed E-state index contributed by atoms with van der Waals surface area (Å²) in [6.45, 7) is 2.61. The first-order chi connectivity index (χ1) is 8.74. The molecule has 2 rings (SSSR count). The lowest BCUT2D eigenvalue weighted by atomic mass is 10.1. The molecule has 0 radical (unpaired) electrons. The van der Waals surface area contributed by atoms with Gasteiger partial charge in [0.05, 0.1) is 12.6 Å².